The molecule has 18 heavy (non-hydrogen) atoms. The second-order valence-corrected chi connectivity index (χ2v) is 5.33. The third-order valence-electron chi connectivity index (χ3n) is 4.17. The van der Waals surface area contributed by atoms with Crippen molar-refractivity contribution in [3.63, 3.8) is 0 Å². The maximum Gasteiger partial charge on any atom is 0.0991 e. The van der Waals surface area contributed by atoms with Crippen molar-refractivity contribution in [1.82, 2.24) is 0 Å². The first kappa shape index (κ1) is 11.7. The van der Waals surface area contributed by atoms with Gasteiger partial charge in [0.1, 0.15) is 0 Å². The standard InChI is InChI=1S/C15H17NO2/c16-8-10-1-6-14-12(7-10)9-18-15(14)11-2-4-13(17)5-3-11/h1,6-7,11,13,15,17H,2-5,9H2. The highest BCUT2D eigenvalue weighted by molar-refractivity contribution is 5.40. The number of nitrogens with zero attached hydrogens (tertiary/aromatic N) is 1. The van der Waals surface area contributed by atoms with Gasteiger partial charge in [-0.15, -0.1) is 0 Å². The Morgan fingerprint density at radius 2 is 2.00 bits per heavy atom. The van der Waals surface area contributed by atoms with Crippen LogP contribution in [0.25, 0.3) is 0 Å². The van der Waals surface area contributed by atoms with Crippen LogP contribution in [0.1, 0.15) is 48.5 Å². The van der Waals surface area contributed by atoms with Crippen LogP contribution >= 0.6 is 0 Å². The Morgan fingerprint density at radius 3 is 2.72 bits per heavy atom. The lowest BCUT2D eigenvalue weighted by Gasteiger charge is -2.29. The van der Waals surface area contributed by atoms with E-state index in [0.717, 1.165) is 31.2 Å². The summed E-state index contributed by atoms with van der Waals surface area (Å²) >= 11 is 0. The van der Waals surface area contributed by atoms with Gasteiger partial charge in [0.2, 0.25) is 0 Å². The summed E-state index contributed by atoms with van der Waals surface area (Å²) in [5, 5.41) is 18.5. The molecular formula is C15H17NO2. The molecule has 1 fully saturated rings. The van der Waals surface area contributed by atoms with Gasteiger partial charge in [-0.3, -0.25) is 0 Å². The fourth-order valence-corrected chi connectivity index (χ4v) is 3.14. The van der Waals surface area contributed by atoms with Crippen molar-refractivity contribution in [2.24, 2.45) is 5.92 Å². The van der Waals surface area contributed by atoms with Gasteiger partial charge in [0.25, 0.3) is 0 Å². The summed E-state index contributed by atoms with van der Waals surface area (Å²) < 4.78 is 5.91. The second-order valence-electron chi connectivity index (χ2n) is 5.33. The number of hydrogen-bond acceptors (Lipinski definition) is 3. The van der Waals surface area contributed by atoms with Crippen LogP contribution < -0.4 is 0 Å². The van der Waals surface area contributed by atoms with E-state index in [-0.39, 0.29) is 12.2 Å². The molecule has 1 aromatic rings. The molecule has 2 aliphatic rings. The molecule has 1 aliphatic heterocycles. The fraction of sp³-hybridized carbons (Fsp3) is 0.533. The molecule has 1 atom stereocenters. The summed E-state index contributed by atoms with van der Waals surface area (Å²) in [6.07, 6.45) is 3.88. The van der Waals surface area contributed by atoms with Crippen LogP contribution in [-0.4, -0.2) is 11.2 Å². The molecule has 1 N–H and O–H groups in total. The van der Waals surface area contributed by atoms with Gasteiger partial charge in [-0.2, -0.15) is 5.26 Å². The van der Waals surface area contributed by atoms with E-state index in [4.69, 9.17) is 10.00 Å². The molecule has 3 heteroatoms. The van der Waals surface area contributed by atoms with E-state index in [1.165, 1.54) is 5.56 Å². The molecule has 0 spiro atoms. The number of benzene rings is 1. The second kappa shape index (κ2) is 4.72. The molecule has 94 valence electrons. The SMILES string of the molecule is N#Cc1ccc2c(c1)COC2C1CCC(O)CC1. The molecule has 3 nitrogen and oxygen atoms in total. The molecule has 0 aromatic heterocycles. The number of ether oxygens (including phenoxy) is 1. The zero-order valence-electron chi connectivity index (χ0n) is 10.3. The minimum absolute atomic E-state index is 0.122. The molecule has 1 aliphatic carbocycles. The first-order chi connectivity index (χ1) is 8.78. The van der Waals surface area contributed by atoms with Gasteiger partial charge in [-0.25, -0.2) is 0 Å². The first-order valence-corrected chi connectivity index (χ1v) is 6.60. The van der Waals surface area contributed by atoms with Gasteiger partial charge in [-0.1, -0.05) is 6.07 Å². The topological polar surface area (TPSA) is 53.2 Å². The van der Waals surface area contributed by atoms with Gasteiger partial charge >= 0.3 is 0 Å². The van der Waals surface area contributed by atoms with Crippen molar-refractivity contribution in [3.05, 3.63) is 34.9 Å². The third-order valence-corrected chi connectivity index (χ3v) is 4.17. The smallest absolute Gasteiger partial charge is 0.0991 e. The predicted molar refractivity (Wildman–Crippen MR) is 66.7 cm³/mol. The summed E-state index contributed by atoms with van der Waals surface area (Å²) in [4.78, 5) is 0. The molecule has 0 amide bonds. The molecule has 1 saturated carbocycles. The lowest BCUT2D eigenvalue weighted by atomic mass is 9.81. The van der Waals surface area contributed by atoms with Crippen molar-refractivity contribution >= 4 is 0 Å². The van der Waals surface area contributed by atoms with Crippen molar-refractivity contribution < 1.29 is 9.84 Å². The van der Waals surface area contributed by atoms with Gasteiger partial charge in [0.15, 0.2) is 0 Å². The number of nitriles is 1. The maximum atomic E-state index is 9.56. The number of aliphatic hydroxyl groups is 1. The van der Waals surface area contributed by atoms with Crippen LogP contribution in [0.4, 0.5) is 0 Å². The molecule has 3 rings (SSSR count). The largest absolute Gasteiger partial charge is 0.393 e. The quantitative estimate of drug-likeness (QED) is 0.825. The van der Waals surface area contributed by atoms with Crippen molar-refractivity contribution in [3.8, 4) is 6.07 Å². The molecule has 1 aromatic carbocycles. The number of hydrogen-bond donors (Lipinski definition) is 1. The van der Waals surface area contributed by atoms with Crippen LogP contribution in [0.2, 0.25) is 0 Å². The highest BCUT2D eigenvalue weighted by Crippen LogP contribution is 2.42. The van der Waals surface area contributed by atoms with Crippen LogP contribution in [0, 0.1) is 17.2 Å². The number of aliphatic hydroxyl groups excluding tert-OH is 1. The van der Waals surface area contributed by atoms with Crippen LogP contribution in [-0.2, 0) is 11.3 Å². The Balaban J connectivity index is 1.80. The Kier molecular flexibility index (Phi) is 3.07. The summed E-state index contributed by atoms with van der Waals surface area (Å²) in [5.74, 6) is 0.516. The van der Waals surface area contributed by atoms with Crippen LogP contribution in [0.5, 0.6) is 0 Å². The van der Waals surface area contributed by atoms with Crippen LogP contribution in [0.3, 0.4) is 0 Å². The summed E-state index contributed by atoms with van der Waals surface area (Å²) in [5.41, 5.74) is 3.11. The Labute approximate surface area is 107 Å². The summed E-state index contributed by atoms with van der Waals surface area (Å²) in [6, 6.07) is 8.02. The maximum absolute atomic E-state index is 9.56. The van der Waals surface area contributed by atoms with Gasteiger partial charge in [0, 0.05) is 0 Å². The van der Waals surface area contributed by atoms with E-state index in [1.807, 2.05) is 18.2 Å². The zero-order valence-corrected chi connectivity index (χ0v) is 10.3. The van der Waals surface area contributed by atoms with E-state index in [9.17, 15) is 5.11 Å². The van der Waals surface area contributed by atoms with Gasteiger partial charge < -0.3 is 9.84 Å². The fourth-order valence-electron chi connectivity index (χ4n) is 3.14. The lowest BCUT2D eigenvalue weighted by molar-refractivity contribution is -0.00680. The summed E-state index contributed by atoms with van der Waals surface area (Å²) in [6.45, 7) is 0.620. The van der Waals surface area contributed by atoms with E-state index in [0.29, 0.717) is 18.1 Å². The minimum atomic E-state index is -0.122. The van der Waals surface area contributed by atoms with Crippen LogP contribution in [0.15, 0.2) is 18.2 Å². The molecule has 1 unspecified atom stereocenters. The van der Waals surface area contributed by atoms with E-state index in [2.05, 4.69) is 6.07 Å². The molecule has 0 radical (unpaired) electrons. The molecular weight excluding hydrogens is 226 g/mol. The normalized spacial score (nSPS) is 30.8. The highest BCUT2D eigenvalue weighted by Gasteiger charge is 2.33. The first-order valence-electron chi connectivity index (χ1n) is 6.60. The van der Waals surface area contributed by atoms with Crippen molar-refractivity contribution in [2.45, 2.75) is 44.5 Å². The molecule has 0 saturated heterocycles. The van der Waals surface area contributed by atoms with E-state index in [1.54, 1.807) is 0 Å². The average Bonchev–Trinajstić information content (AvgIpc) is 2.82. The average molecular weight is 243 g/mol. The highest BCUT2D eigenvalue weighted by atomic mass is 16.5. The molecule has 0 bridgehead atoms. The monoisotopic (exact) mass is 243 g/mol. The van der Waals surface area contributed by atoms with Crippen molar-refractivity contribution in [2.75, 3.05) is 0 Å². The van der Waals surface area contributed by atoms with Crippen molar-refractivity contribution in [1.29, 1.82) is 5.26 Å². The third kappa shape index (κ3) is 2.03. The predicted octanol–water partition coefficient (Wildman–Crippen LogP) is 2.68. The number of fused-ring (bicyclic) bond motifs is 1. The number of rotatable bonds is 1. The van der Waals surface area contributed by atoms with Gasteiger partial charge in [0.05, 0.1) is 30.4 Å². The summed E-state index contributed by atoms with van der Waals surface area (Å²) in [7, 11) is 0. The zero-order chi connectivity index (χ0) is 12.5. The Morgan fingerprint density at radius 1 is 1.22 bits per heavy atom. The van der Waals surface area contributed by atoms with E-state index < -0.39 is 0 Å². The van der Waals surface area contributed by atoms with Gasteiger partial charge in [-0.05, 0) is 54.9 Å². The lowest BCUT2D eigenvalue weighted by Crippen LogP contribution is -2.22. The van der Waals surface area contributed by atoms with E-state index >= 15 is 0 Å². The Bertz CT molecular complexity index is 484. The minimum Gasteiger partial charge on any atom is -0.393 e. The Hall–Kier alpha value is -1.37. The molecule has 1 heterocycles.